The average Bonchev–Trinajstić information content (AvgIpc) is 3.26. The van der Waals surface area contributed by atoms with E-state index in [2.05, 4.69) is 0 Å². The maximum Gasteiger partial charge on any atom is 0.348 e. The van der Waals surface area contributed by atoms with Crippen LogP contribution in [-0.4, -0.2) is 22.2 Å². The van der Waals surface area contributed by atoms with Crippen LogP contribution in [0.4, 0.5) is 0 Å². The van der Waals surface area contributed by atoms with Crippen LogP contribution < -0.4 is 16.0 Å². The van der Waals surface area contributed by atoms with Crippen molar-refractivity contribution in [1.29, 1.82) is 0 Å². The van der Waals surface area contributed by atoms with Crippen molar-refractivity contribution in [3.8, 4) is 5.75 Å². The van der Waals surface area contributed by atoms with Gasteiger partial charge in [0.25, 0.3) is 5.56 Å². The molecule has 0 spiro atoms. The number of carbonyl (C=O) groups is 1. The minimum Gasteiger partial charge on any atom is -0.496 e. The van der Waals surface area contributed by atoms with Crippen LogP contribution in [-0.2, 0) is 24.9 Å². The van der Waals surface area contributed by atoms with Gasteiger partial charge in [0.2, 0.25) is 0 Å². The number of carbonyl (C=O) groups excluding carboxylic acids is 1. The Hall–Kier alpha value is -3.65. The van der Waals surface area contributed by atoms with Gasteiger partial charge >= 0.3 is 11.7 Å². The van der Waals surface area contributed by atoms with Gasteiger partial charge in [-0.1, -0.05) is 48.5 Å². The molecule has 2 aromatic carbocycles. The smallest absolute Gasteiger partial charge is 0.348 e. The number of thiophene rings is 1. The number of para-hydroxylation sites is 1. The molecular weight excluding hydrogens is 416 g/mol. The van der Waals surface area contributed by atoms with E-state index < -0.39 is 17.2 Å². The molecule has 8 heteroatoms. The van der Waals surface area contributed by atoms with E-state index in [9.17, 15) is 14.4 Å². The highest BCUT2D eigenvalue weighted by Crippen LogP contribution is 2.24. The van der Waals surface area contributed by atoms with Crippen molar-refractivity contribution in [2.45, 2.75) is 13.2 Å². The first-order valence-electron chi connectivity index (χ1n) is 9.56. The third-order valence-corrected chi connectivity index (χ3v) is 6.14. The monoisotopic (exact) mass is 436 g/mol. The topological polar surface area (TPSA) is 79.5 Å². The average molecular weight is 436 g/mol. The Morgan fingerprint density at radius 3 is 2.48 bits per heavy atom. The molecule has 0 N–H and O–H groups in total. The predicted molar refractivity (Wildman–Crippen MR) is 119 cm³/mol. The number of aromatic nitrogens is 2. The van der Waals surface area contributed by atoms with Gasteiger partial charge in [-0.05, 0) is 17.7 Å². The van der Waals surface area contributed by atoms with Crippen molar-refractivity contribution in [3.05, 3.63) is 97.5 Å². The van der Waals surface area contributed by atoms with Gasteiger partial charge in [-0.25, -0.2) is 9.59 Å². The van der Waals surface area contributed by atoms with Crippen LogP contribution in [0.15, 0.2) is 70.3 Å². The van der Waals surface area contributed by atoms with Crippen molar-refractivity contribution in [2.75, 3.05) is 7.11 Å². The molecule has 0 saturated carbocycles. The molecular formula is C23H20N2O5S. The lowest BCUT2D eigenvalue weighted by atomic mass is 10.2. The number of hydrogen-bond donors (Lipinski definition) is 0. The molecule has 158 valence electrons. The Morgan fingerprint density at radius 2 is 1.74 bits per heavy atom. The number of nitrogens with zero attached hydrogens (tertiary/aromatic N) is 2. The second-order valence-electron chi connectivity index (χ2n) is 6.94. The first kappa shape index (κ1) is 20.6. The lowest BCUT2D eigenvalue weighted by molar-refractivity contribution is 0.0476. The van der Waals surface area contributed by atoms with Crippen LogP contribution in [0.5, 0.6) is 5.75 Å². The summed E-state index contributed by atoms with van der Waals surface area (Å²) in [4.78, 5) is 39.1. The fraction of sp³-hybridized carbons (Fsp3) is 0.174. The number of fused-ring (bicyclic) bond motifs is 1. The minimum atomic E-state index is -0.562. The highest BCUT2D eigenvalue weighted by Gasteiger charge is 2.19. The van der Waals surface area contributed by atoms with Crippen LogP contribution in [0.2, 0.25) is 0 Å². The number of hydrogen-bond acceptors (Lipinski definition) is 6. The molecule has 4 aromatic rings. The van der Waals surface area contributed by atoms with Gasteiger partial charge in [0, 0.05) is 12.6 Å². The highest BCUT2D eigenvalue weighted by atomic mass is 32.1. The molecule has 0 aliphatic heterocycles. The van der Waals surface area contributed by atoms with Gasteiger partial charge in [-0.2, -0.15) is 0 Å². The second kappa shape index (κ2) is 8.61. The molecule has 0 atom stereocenters. The molecule has 0 unspecified atom stereocenters. The van der Waals surface area contributed by atoms with E-state index in [0.717, 1.165) is 22.5 Å². The van der Waals surface area contributed by atoms with Gasteiger partial charge in [0.05, 0.1) is 19.0 Å². The summed E-state index contributed by atoms with van der Waals surface area (Å²) in [7, 11) is 3.14. The van der Waals surface area contributed by atoms with Gasteiger partial charge in [-0.15, -0.1) is 11.3 Å². The zero-order chi connectivity index (χ0) is 22.0. The molecule has 31 heavy (non-hydrogen) atoms. The summed E-state index contributed by atoms with van der Waals surface area (Å²) >= 11 is 1.06. The Kier molecular flexibility index (Phi) is 5.73. The first-order valence-corrected chi connectivity index (χ1v) is 10.4. The number of benzene rings is 2. The molecule has 0 saturated heterocycles. The van der Waals surface area contributed by atoms with E-state index in [0.29, 0.717) is 16.0 Å². The molecule has 0 bridgehead atoms. The Balaban J connectivity index is 1.65. The number of ether oxygens (including phenoxy) is 2. The van der Waals surface area contributed by atoms with Crippen molar-refractivity contribution in [1.82, 2.24) is 9.13 Å². The zero-order valence-corrected chi connectivity index (χ0v) is 17.8. The summed E-state index contributed by atoms with van der Waals surface area (Å²) in [5.74, 6) is 0.0615. The molecule has 4 rings (SSSR count). The second-order valence-corrected chi connectivity index (χ2v) is 7.97. The van der Waals surface area contributed by atoms with Crippen LogP contribution in [0.1, 0.15) is 20.8 Å². The van der Waals surface area contributed by atoms with Crippen LogP contribution in [0.25, 0.3) is 10.2 Å². The highest BCUT2D eigenvalue weighted by molar-refractivity contribution is 7.20. The number of rotatable bonds is 6. The molecule has 7 nitrogen and oxygen atoms in total. The first-order chi connectivity index (χ1) is 15.0. The van der Waals surface area contributed by atoms with Crippen LogP contribution in [0, 0.1) is 0 Å². The van der Waals surface area contributed by atoms with Crippen LogP contribution in [0.3, 0.4) is 0 Å². The van der Waals surface area contributed by atoms with Crippen LogP contribution >= 0.6 is 11.3 Å². The molecule has 0 fully saturated rings. The fourth-order valence-corrected chi connectivity index (χ4v) is 4.33. The van der Waals surface area contributed by atoms with Crippen molar-refractivity contribution < 1.29 is 14.3 Å². The SMILES string of the molecule is COc1ccccc1COC(=O)c1cc2c(=O)n(Cc3ccccc3)c(=O)n(C)c2s1. The summed E-state index contributed by atoms with van der Waals surface area (Å²) in [6, 6.07) is 18.0. The van der Waals surface area contributed by atoms with Gasteiger partial charge in [0.15, 0.2) is 0 Å². The summed E-state index contributed by atoms with van der Waals surface area (Å²) in [6.45, 7) is 0.194. The third kappa shape index (κ3) is 4.02. The molecule has 2 heterocycles. The normalized spacial score (nSPS) is 10.9. The standard InChI is InChI=1S/C23H20N2O5S/c1-24-21-17(20(26)25(23(24)28)13-15-8-4-3-5-9-15)12-19(31-21)22(27)30-14-16-10-6-7-11-18(16)29-2/h3-12H,13-14H2,1-2H3. The van der Waals surface area contributed by atoms with Gasteiger partial charge in [-0.3, -0.25) is 13.9 Å². The van der Waals surface area contributed by atoms with E-state index in [-0.39, 0.29) is 18.0 Å². The van der Waals surface area contributed by atoms with E-state index in [4.69, 9.17) is 9.47 Å². The molecule has 2 aromatic heterocycles. The molecule has 0 aliphatic rings. The van der Waals surface area contributed by atoms with E-state index in [1.807, 2.05) is 48.5 Å². The molecule has 0 amide bonds. The van der Waals surface area contributed by atoms with E-state index in [1.165, 1.54) is 15.2 Å². The van der Waals surface area contributed by atoms with Gasteiger partial charge in [0.1, 0.15) is 22.1 Å². The zero-order valence-electron chi connectivity index (χ0n) is 17.0. The quantitative estimate of drug-likeness (QED) is 0.434. The number of aryl methyl sites for hydroxylation is 1. The summed E-state index contributed by atoms with van der Waals surface area (Å²) < 4.78 is 13.2. The summed E-state index contributed by atoms with van der Waals surface area (Å²) in [5, 5.41) is 0.312. The van der Waals surface area contributed by atoms with Crippen molar-refractivity contribution in [3.63, 3.8) is 0 Å². The minimum absolute atomic E-state index is 0.0360. The largest absolute Gasteiger partial charge is 0.496 e. The Bertz CT molecular complexity index is 1370. The number of methoxy groups -OCH3 is 1. The maximum atomic E-state index is 13.0. The number of esters is 1. The van der Waals surface area contributed by atoms with Crippen molar-refractivity contribution in [2.24, 2.45) is 7.05 Å². The van der Waals surface area contributed by atoms with E-state index >= 15 is 0 Å². The summed E-state index contributed by atoms with van der Waals surface area (Å²) in [5.41, 5.74) is 0.712. The predicted octanol–water partition coefficient (Wildman–Crippen LogP) is 3.18. The maximum absolute atomic E-state index is 13.0. The summed E-state index contributed by atoms with van der Waals surface area (Å²) in [6.07, 6.45) is 0. The van der Waals surface area contributed by atoms with Crippen molar-refractivity contribution >= 4 is 27.5 Å². The Labute approximate surface area is 181 Å². The van der Waals surface area contributed by atoms with Gasteiger partial charge < -0.3 is 9.47 Å². The third-order valence-electron chi connectivity index (χ3n) is 4.95. The fourth-order valence-electron chi connectivity index (χ4n) is 3.33. The lowest BCUT2D eigenvalue weighted by Crippen LogP contribution is -2.38. The van der Waals surface area contributed by atoms with E-state index in [1.54, 1.807) is 20.2 Å². The lowest BCUT2D eigenvalue weighted by Gasteiger charge is -2.08. The molecule has 0 aliphatic carbocycles. The molecule has 0 radical (unpaired) electrons. The Morgan fingerprint density at radius 1 is 1.03 bits per heavy atom.